The van der Waals surface area contributed by atoms with E-state index in [1.165, 1.54) is 43.4 Å². The number of aryl methyl sites for hydroxylation is 1. The molecule has 1 fully saturated rings. The second-order valence-corrected chi connectivity index (χ2v) is 4.84. The smallest absolute Gasteiger partial charge is 0.166 e. The van der Waals surface area contributed by atoms with Crippen LogP contribution >= 0.6 is 0 Å². The highest BCUT2D eigenvalue weighted by atomic mass is 16.1. The summed E-state index contributed by atoms with van der Waals surface area (Å²) in [5.41, 5.74) is 3.49. The van der Waals surface area contributed by atoms with Gasteiger partial charge in [-0.3, -0.25) is 4.79 Å². The zero-order valence-electron chi connectivity index (χ0n) is 10.3. The van der Waals surface area contributed by atoms with Crippen LogP contribution in [0.15, 0.2) is 6.07 Å². The highest BCUT2D eigenvalue weighted by Gasteiger charge is 2.21. The highest BCUT2D eigenvalue weighted by molar-refractivity contribution is 5.76. The normalized spacial score (nSPS) is 17.6. The minimum atomic E-state index is 0.625. The lowest BCUT2D eigenvalue weighted by molar-refractivity contribution is 0.111. The first-order chi connectivity index (χ1) is 7.77. The molecule has 2 rings (SSSR count). The molecule has 2 heteroatoms. The lowest BCUT2D eigenvalue weighted by Crippen LogP contribution is -2.07. The fourth-order valence-corrected chi connectivity index (χ4v) is 2.93. The molecule has 1 aromatic heterocycles. The molecule has 0 aliphatic heterocycles. The summed E-state index contributed by atoms with van der Waals surface area (Å²) < 4.78 is 2.07. The Morgan fingerprint density at radius 2 is 2.06 bits per heavy atom. The Morgan fingerprint density at radius 3 is 2.62 bits per heavy atom. The molecule has 0 radical (unpaired) electrons. The molecule has 1 aliphatic rings. The van der Waals surface area contributed by atoms with E-state index in [2.05, 4.69) is 17.6 Å². The Balaban J connectivity index is 2.34. The number of carbonyl (C=O) groups is 1. The number of hydrogen-bond acceptors (Lipinski definition) is 1. The summed E-state index contributed by atoms with van der Waals surface area (Å²) in [5.74, 6) is 0.625. The molecule has 16 heavy (non-hydrogen) atoms. The average molecular weight is 219 g/mol. The van der Waals surface area contributed by atoms with Gasteiger partial charge in [0.05, 0.1) is 5.69 Å². The third kappa shape index (κ3) is 1.93. The molecule has 0 spiro atoms. The van der Waals surface area contributed by atoms with Crippen molar-refractivity contribution in [1.29, 1.82) is 0 Å². The van der Waals surface area contributed by atoms with Crippen LogP contribution in [0.5, 0.6) is 0 Å². The maximum atomic E-state index is 11.2. The van der Waals surface area contributed by atoms with E-state index in [9.17, 15) is 4.79 Å². The zero-order valence-corrected chi connectivity index (χ0v) is 10.3. The van der Waals surface area contributed by atoms with E-state index >= 15 is 0 Å². The van der Waals surface area contributed by atoms with Gasteiger partial charge in [-0.1, -0.05) is 26.2 Å². The lowest BCUT2D eigenvalue weighted by atomic mass is 9.84. The van der Waals surface area contributed by atoms with Crippen LogP contribution in [0.3, 0.4) is 0 Å². The Kier molecular flexibility index (Phi) is 3.47. The molecular weight excluding hydrogens is 198 g/mol. The van der Waals surface area contributed by atoms with Gasteiger partial charge in [0.2, 0.25) is 0 Å². The first kappa shape index (κ1) is 11.4. The molecule has 0 atom stereocenters. The van der Waals surface area contributed by atoms with Crippen LogP contribution in [-0.4, -0.2) is 10.9 Å². The quantitative estimate of drug-likeness (QED) is 0.714. The maximum Gasteiger partial charge on any atom is 0.166 e. The second kappa shape index (κ2) is 4.86. The van der Waals surface area contributed by atoms with Crippen molar-refractivity contribution in [2.75, 3.05) is 0 Å². The molecule has 1 aromatic rings. The molecule has 0 saturated heterocycles. The van der Waals surface area contributed by atoms with Gasteiger partial charge in [-0.25, -0.2) is 0 Å². The Labute approximate surface area is 97.7 Å². The van der Waals surface area contributed by atoms with Gasteiger partial charge in [-0.05, 0) is 36.8 Å². The summed E-state index contributed by atoms with van der Waals surface area (Å²) in [6.45, 7) is 2.15. The third-order valence-electron chi connectivity index (χ3n) is 3.93. The summed E-state index contributed by atoms with van der Waals surface area (Å²) in [5, 5.41) is 0. The number of carbonyl (C=O) groups excluding carboxylic acids is 1. The molecule has 1 saturated carbocycles. The van der Waals surface area contributed by atoms with Crippen molar-refractivity contribution >= 4 is 6.29 Å². The van der Waals surface area contributed by atoms with Crippen molar-refractivity contribution in [2.24, 2.45) is 7.05 Å². The van der Waals surface area contributed by atoms with Crippen LogP contribution in [-0.2, 0) is 13.5 Å². The number of nitrogens with zero attached hydrogens (tertiary/aromatic N) is 1. The molecule has 0 bridgehead atoms. The fourth-order valence-electron chi connectivity index (χ4n) is 2.93. The number of aromatic nitrogens is 1. The standard InChI is InChI=1S/C14H21NO/c1-3-12-9-13(14(10-16)15(12)2)11-7-5-4-6-8-11/h9-11H,3-8H2,1-2H3. The minimum Gasteiger partial charge on any atom is -0.345 e. The summed E-state index contributed by atoms with van der Waals surface area (Å²) in [4.78, 5) is 11.2. The minimum absolute atomic E-state index is 0.625. The zero-order chi connectivity index (χ0) is 11.5. The number of rotatable bonds is 3. The summed E-state index contributed by atoms with van der Waals surface area (Å²) in [7, 11) is 2.01. The van der Waals surface area contributed by atoms with E-state index in [1.54, 1.807) is 0 Å². The van der Waals surface area contributed by atoms with Crippen LogP contribution in [0.4, 0.5) is 0 Å². The Morgan fingerprint density at radius 1 is 1.38 bits per heavy atom. The second-order valence-electron chi connectivity index (χ2n) is 4.84. The van der Waals surface area contributed by atoms with Gasteiger partial charge in [0.25, 0.3) is 0 Å². The van der Waals surface area contributed by atoms with Gasteiger partial charge in [0.15, 0.2) is 6.29 Å². The first-order valence-corrected chi connectivity index (χ1v) is 6.41. The molecular formula is C14H21NO. The molecule has 0 N–H and O–H groups in total. The molecule has 0 amide bonds. The Bertz CT molecular complexity index is 372. The molecule has 2 nitrogen and oxygen atoms in total. The van der Waals surface area contributed by atoms with Gasteiger partial charge >= 0.3 is 0 Å². The van der Waals surface area contributed by atoms with Crippen LogP contribution in [0, 0.1) is 0 Å². The van der Waals surface area contributed by atoms with Crippen molar-refractivity contribution in [3.05, 3.63) is 23.0 Å². The van der Waals surface area contributed by atoms with Crippen molar-refractivity contribution in [3.8, 4) is 0 Å². The fraction of sp³-hybridized carbons (Fsp3) is 0.643. The molecule has 1 heterocycles. The Hall–Kier alpha value is -1.05. The SMILES string of the molecule is CCc1cc(C2CCCCC2)c(C=O)n1C. The topological polar surface area (TPSA) is 22.0 Å². The van der Waals surface area contributed by atoms with Gasteiger partial charge < -0.3 is 4.57 Å². The maximum absolute atomic E-state index is 11.2. The first-order valence-electron chi connectivity index (χ1n) is 6.41. The van der Waals surface area contributed by atoms with E-state index < -0.39 is 0 Å². The predicted molar refractivity (Wildman–Crippen MR) is 66.0 cm³/mol. The van der Waals surface area contributed by atoms with Gasteiger partial charge in [0.1, 0.15) is 0 Å². The van der Waals surface area contributed by atoms with Crippen LogP contribution < -0.4 is 0 Å². The predicted octanol–water partition coefficient (Wildman–Crippen LogP) is 3.45. The number of hydrogen-bond donors (Lipinski definition) is 0. The van der Waals surface area contributed by atoms with E-state index in [0.29, 0.717) is 5.92 Å². The largest absolute Gasteiger partial charge is 0.345 e. The van der Waals surface area contributed by atoms with Crippen molar-refractivity contribution in [2.45, 2.75) is 51.4 Å². The van der Waals surface area contributed by atoms with Crippen LogP contribution in [0.25, 0.3) is 0 Å². The van der Waals surface area contributed by atoms with E-state index in [4.69, 9.17) is 0 Å². The van der Waals surface area contributed by atoms with E-state index in [1.807, 2.05) is 7.05 Å². The van der Waals surface area contributed by atoms with Crippen LogP contribution in [0.1, 0.15) is 66.7 Å². The van der Waals surface area contributed by atoms with Crippen molar-refractivity contribution in [3.63, 3.8) is 0 Å². The lowest BCUT2D eigenvalue weighted by Gasteiger charge is -2.21. The summed E-state index contributed by atoms with van der Waals surface area (Å²) >= 11 is 0. The molecule has 0 aromatic carbocycles. The van der Waals surface area contributed by atoms with Crippen LogP contribution in [0.2, 0.25) is 0 Å². The summed E-state index contributed by atoms with van der Waals surface area (Å²) in [6, 6.07) is 2.25. The third-order valence-corrected chi connectivity index (χ3v) is 3.93. The van der Waals surface area contributed by atoms with Crippen molar-refractivity contribution in [1.82, 2.24) is 4.57 Å². The molecule has 1 aliphatic carbocycles. The van der Waals surface area contributed by atoms with E-state index in [0.717, 1.165) is 18.4 Å². The van der Waals surface area contributed by atoms with Crippen molar-refractivity contribution < 1.29 is 4.79 Å². The number of aldehydes is 1. The van der Waals surface area contributed by atoms with E-state index in [-0.39, 0.29) is 0 Å². The molecule has 0 unspecified atom stereocenters. The molecule has 88 valence electrons. The average Bonchev–Trinajstić information content (AvgIpc) is 2.66. The van der Waals surface area contributed by atoms with Gasteiger partial charge in [-0.2, -0.15) is 0 Å². The van der Waals surface area contributed by atoms with Gasteiger partial charge in [0, 0.05) is 12.7 Å². The highest BCUT2D eigenvalue weighted by Crippen LogP contribution is 2.35. The summed E-state index contributed by atoms with van der Waals surface area (Å²) in [6.07, 6.45) is 8.55. The van der Waals surface area contributed by atoms with Gasteiger partial charge in [-0.15, -0.1) is 0 Å². The monoisotopic (exact) mass is 219 g/mol.